The van der Waals surface area contributed by atoms with Crippen LogP contribution < -0.4 is 5.32 Å². The van der Waals surface area contributed by atoms with Crippen LogP contribution >= 0.6 is 0 Å². The maximum atomic E-state index is 12.4. The first kappa shape index (κ1) is 14.2. The number of carbonyl (C=O) groups excluding carboxylic acids is 1. The smallest absolute Gasteiger partial charge is 0.253 e. The molecule has 5 heteroatoms. The Morgan fingerprint density at radius 1 is 1.53 bits per heavy atom. The van der Waals surface area contributed by atoms with Crippen LogP contribution in [0.25, 0.3) is 0 Å². The van der Waals surface area contributed by atoms with Gasteiger partial charge in [-0.1, -0.05) is 12.1 Å². The van der Waals surface area contributed by atoms with E-state index in [1.165, 1.54) is 0 Å². The van der Waals surface area contributed by atoms with Gasteiger partial charge in [0.15, 0.2) is 0 Å². The number of nitrogens with zero attached hydrogens (tertiary/aromatic N) is 1. The summed E-state index contributed by atoms with van der Waals surface area (Å²) in [6.07, 6.45) is 1.67. The predicted octanol–water partition coefficient (Wildman–Crippen LogP) is 0.999. The van der Waals surface area contributed by atoms with Gasteiger partial charge in [0.2, 0.25) is 0 Å². The van der Waals surface area contributed by atoms with Crippen LogP contribution in [0.3, 0.4) is 0 Å². The van der Waals surface area contributed by atoms with Crippen LogP contribution in [0, 0.1) is 0 Å². The van der Waals surface area contributed by atoms with E-state index in [-0.39, 0.29) is 5.91 Å². The van der Waals surface area contributed by atoms with Gasteiger partial charge >= 0.3 is 0 Å². The molecular weight excluding hydrogens is 260 g/mol. The van der Waals surface area contributed by atoms with Gasteiger partial charge in [0.05, 0.1) is 0 Å². The Morgan fingerprint density at radius 2 is 2.32 bits per heavy atom. The molecule has 2 rings (SSSR count). The van der Waals surface area contributed by atoms with E-state index in [0.717, 1.165) is 25.2 Å². The van der Waals surface area contributed by atoms with Gasteiger partial charge in [-0.15, -0.1) is 0 Å². The number of hydrogen-bond donors (Lipinski definition) is 1. The SMILES string of the molecule is CC1CN(C(=O)c2cccc(CS(C)=O)c2)CCN1. The Kier molecular flexibility index (Phi) is 4.71. The van der Waals surface area contributed by atoms with Crippen molar-refractivity contribution in [3.63, 3.8) is 0 Å². The highest BCUT2D eigenvalue weighted by Gasteiger charge is 2.21. The Balaban J connectivity index is 2.12. The number of benzene rings is 1. The van der Waals surface area contributed by atoms with Gasteiger partial charge < -0.3 is 10.2 Å². The minimum absolute atomic E-state index is 0.0667. The molecule has 0 aliphatic carbocycles. The largest absolute Gasteiger partial charge is 0.336 e. The van der Waals surface area contributed by atoms with Crippen molar-refractivity contribution >= 4 is 16.7 Å². The molecule has 1 aromatic carbocycles. The quantitative estimate of drug-likeness (QED) is 0.898. The van der Waals surface area contributed by atoms with Gasteiger partial charge in [0.25, 0.3) is 5.91 Å². The Labute approximate surface area is 116 Å². The molecule has 0 aromatic heterocycles. The second-order valence-electron chi connectivity index (χ2n) is 5.02. The summed E-state index contributed by atoms with van der Waals surface area (Å²) in [5.41, 5.74) is 1.65. The van der Waals surface area contributed by atoms with Gasteiger partial charge in [-0.25, -0.2) is 0 Å². The first-order valence-corrected chi connectivity index (χ1v) is 8.20. The zero-order valence-electron chi connectivity index (χ0n) is 11.4. The van der Waals surface area contributed by atoms with E-state index in [1.54, 1.807) is 6.26 Å². The summed E-state index contributed by atoms with van der Waals surface area (Å²) in [6.45, 7) is 4.40. The number of amides is 1. The van der Waals surface area contributed by atoms with Crippen molar-refractivity contribution < 1.29 is 9.00 Å². The average Bonchev–Trinajstić information content (AvgIpc) is 2.37. The summed E-state index contributed by atoms with van der Waals surface area (Å²) in [7, 11) is -0.883. The molecule has 19 heavy (non-hydrogen) atoms. The van der Waals surface area contributed by atoms with E-state index in [0.29, 0.717) is 17.4 Å². The topological polar surface area (TPSA) is 49.4 Å². The third-order valence-electron chi connectivity index (χ3n) is 3.20. The molecule has 1 fully saturated rings. The second-order valence-corrected chi connectivity index (χ2v) is 6.46. The first-order chi connectivity index (χ1) is 9.06. The molecule has 1 amide bonds. The number of rotatable bonds is 3. The third-order valence-corrected chi connectivity index (χ3v) is 3.94. The molecular formula is C14H20N2O2S. The summed E-state index contributed by atoms with van der Waals surface area (Å²) in [6, 6.07) is 7.80. The molecule has 1 aromatic rings. The lowest BCUT2D eigenvalue weighted by atomic mass is 10.1. The van der Waals surface area contributed by atoms with Gasteiger partial charge in [0, 0.05) is 54.0 Å². The van der Waals surface area contributed by atoms with Crippen molar-refractivity contribution in [2.45, 2.75) is 18.7 Å². The van der Waals surface area contributed by atoms with Crippen LogP contribution in [0.15, 0.2) is 24.3 Å². The van der Waals surface area contributed by atoms with Crippen molar-refractivity contribution in [1.29, 1.82) is 0 Å². The van der Waals surface area contributed by atoms with E-state index < -0.39 is 10.8 Å². The van der Waals surface area contributed by atoms with Crippen molar-refractivity contribution in [2.24, 2.45) is 0 Å². The lowest BCUT2D eigenvalue weighted by molar-refractivity contribution is 0.0709. The third kappa shape index (κ3) is 3.88. The van der Waals surface area contributed by atoms with Crippen molar-refractivity contribution in [2.75, 3.05) is 25.9 Å². The van der Waals surface area contributed by atoms with Crippen molar-refractivity contribution in [3.05, 3.63) is 35.4 Å². The van der Waals surface area contributed by atoms with Gasteiger partial charge in [-0.05, 0) is 24.6 Å². The molecule has 2 unspecified atom stereocenters. The van der Waals surface area contributed by atoms with Gasteiger partial charge in [-0.3, -0.25) is 9.00 Å². The zero-order valence-corrected chi connectivity index (χ0v) is 12.2. The van der Waals surface area contributed by atoms with Crippen LogP contribution in [0.2, 0.25) is 0 Å². The highest BCUT2D eigenvalue weighted by Crippen LogP contribution is 2.11. The van der Waals surface area contributed by atoms with Crippen LogP contribution in [-0.2, 0) is 16.6 Å². The Morgan fingerprint density at radius 3 is 3.00 bits per heavy atom. The van der Waals surface area contributed by atoms with E-state index in [4.69, 9.17) is 0 Å². The molecule has 1 aliphatic heterocycles. The fourth-order valence-corrected chi connectivity index (χ4v) is 2.98. The zero-order chi connectivity index (χ0) is 13.8. The normalized spacial score (nSPS) is 21.2. The molecule has 1 N–H and O–H groups in total. The highest BCUT2D eigenvalue weighted by molar-refractivity contribution is 7.83. The van der Waals surface area contributed by atoms with Crippen LogP contribution in [0.4, 0.5) is 0 Å². The van der Waals surface area contributed by atoms with Crippen molar-refractivity contribution in [3.8, 4) is 0 Å². The standard InChI is InChI=1S/C14H20N2O2S/c1-11-9-16(7-6-15-11)14(17)13-5-3-4-12(8-13)10-19(2)18/h3-5,8,11,15H,6-7,9-10H2,1-2H3. The predicted molar refractivity (Wildman–Crippen MR) is 77.6 cm³/mol. The molecule has 104 valence electrons. The molecule has 1 aliphatic rings. The summed E-state index contributed by atoms with van der Waals surface area (Å²) in [5, 5.41) is 3.32. The Hall–Kier alpha value is -1.20. The minimum Gasteiger partial charge on any atom is -0.336 e. The van der Waals surface area contributed by atoms with E-state index in [9.17, 15) is 9.00 Å². The minimum atomic E-state index is -0.883. The summed E-state index contributed by atoms with van der Waals surface area (Å²) in [4.78, 5) is 14.3. The fraction of sp³-hybridized carbons (Fsp3) is 0.500. The second kappa shape index (κ2) is 6.30. The molecule has 1 saturated heterocycles. The lowest BCUT2D eigenvalue weighted by Crippen LogP contribution is -2.51. The summed E-state index contributed by atoms with van der Waals surface area (Å²) >= 11 is 0. The molecule has 0 bridgehead atoms. The van der Waals surface area contributed by atoms with Crippen LogP contribution in [-0.4, -0.2) is 46.9 Å². The number of hydrogen-bond acceptors (Lipinski definition) is 3. The number of piperazine rings is 1. The molecule has 0 radical (unpaired) electrons. The van der Waals surface area contributed by atoms with E-state index in [2.05, 4.69) is 12.2 Å². The van der Waals surface area contributed by atoms with Crippen LogP contribution in [0.5, 0.6) is 0 Å². The van der Waals surface area contributed by atoms with Gasteiger partial charge in [0.1, 0.15) is 0 Å². The summed E-state index contributed by atoms with van der Waals surface area (Å²) < 4.78 is 11.2. The maximum absolute atomic E-state index is 12.4. The van der Waals surface area contributed by atoms with Crippen LogP contribution in [0.1, 0.15) is 22.8 Å². The lowest BCUT2D eigenvalue weighted by Gasteiger charge is -2.32. The highest BCUT2D eigenvalue weighted by atomic mass is 32.2. The maximum Gasteiger partial charge on any atom is 0.253 e. The van der Waals surface area contributed by atoms with E-state index in [1.807, 2.05) is 29.2 Å². The number of carbonyl (C=O) groups is 1. The Bertz CT molecular complexity index is 490. The monoisotopic (exact) mass is 280 g/mol. The average molecular weight is 280 g/mol. The molecule has 0 spiro atoms. The summed E-state index contributed by atoms with van der Waals surface area (Å²) in [5.74, 6) is 0.566. The van der Waals surface area contributed by atoms with Crippen molar-refractivity contribution in [1.82, 2.24) is 10.2 Å². The molecule has 1 heterocycles. The molecule has 4 nitrogen and oxygen atoms in total. The molecule has 2 atom stereocenters. The first-order valence-electron chi connectivity index (χ1n) is 6.48. The van der Waals surface area contributed by atoms with E-state index >= 15 is 0 Å². The van der Waals surface area contributed by atoms with Gasteiger partial charge in [-0.2, -0.15) is 0 Å². The number of nitrogens with one attached hydrogen (secondary N) is 1. The fourth-order valence-electron chi connectivity index (χ4n) is 2.33. The molecule has 0 saturated carbocycles.